The van der Waals surface area contributed by atoms with Gasteiger partial charge in [0.15, 0.2) is 23.0 Å². The zero-order chi connectivity index (χ0) is 35.0. The van der Waals surface area contributed by atoms with Gasteiger partial charge in [0.2, 0.25) is 0 Å². The summed E-state index contributed by atoms with van der Waals surface area (Å²) >= 11 is 0. The summed E-state index contributed by atoms with van der Waals surface area (Å²) in [5.74, 6) is -3.27. The largest absolute Gasteiger partial charge is 0.489 e. The third-order valence-corrected chi connectivity index (χ3v) is 8.00. The maximum atomic E-state index is 11.3. The van der Waals surface area contributed by atoms with E-state index in [1.165, 1.54) is 0 Å². The Morgan fingerprint density at radius 2 is 0.776 bits per heavy atom. The lowest BCUT2D eigenvalue weighted by molar-refractivity contribution is -0.138. The number of carboxylic acids is 4. The molecule has 0 aromatic heterocycles. The maximum absolute atomic E-state index is 11.3. The van der Waals surface area contributed by atoms with Crippen LogP contribution < -0.4 is 18.9 Å². The van der Waals surface area contributed by atoms with Gasteiger partial charge in [-0.05, 0) is 57.6 Å². The Hall–Kier alpha value is -6.04. The molecule has 5 rings (SSSR count). The third-order valence-electron chi connectivity index (χ3n) is 8.00. The van der Waals surface area contributed by atoms with Crippen LogP contribution in [0.15, 0.2) is 84.9 Å². The fourth-order valence-electron chi connectivity index (χ4n) is 5.96. The Morgan fingerprint density at radius 1 is 0.449 bits per heavy atom. The Morgan fingerprint density at radius 3 is 1.12 bits per heavy atom. The molecule has 0 atom stereocenters. The molecule has 0 saturated carbocycles. The SMILES string of the molecule is O=C(O)CCOc1ccc(C2(c3ccc(OCCC(=O)O)c(OCCC(=O)O)c3)c3ccccc3-c3ccccc32)cc1OCCC(=O)O. The van der Waals surface area contributed by atoms with Gasteiger partial charge in [0, 0.05) is 0 Å². The second kappa shape index (κ2) is 15.2. The number of rotatable bonds is 18. The van der Waals surface area contributed by atoms with Crippen molar-refractivity contribution < 1.29 is 58.6 Å². The molecular formula is C37H34O12. The van der Waals surface area contributed by atoms with Crippen LogP contribution in [0.2, 0.25) is 0 Å². The number of aliphatic carboxylic acids is 4. The smallest absolute Gasteiger partial charge is 0.306 e. The lowest BCUT2D eigenvalue weighted by Crippen LogP contribution is -2.29. The molecule has 0 fully saturated rings. The first kappa shape index (κ1) is 34.3. The highest BCUT2D eigenvalue weighted by molar-refractivity contribution is 5.86. The lowest BCUT2D eigenvalue weighted by atomic mass is 9.67. The van der Waals surface area contributed by atoms with Gasteiger partial charge in [-0.15, -0.1) is 0 Å². The number of ether oxygens (including phenoxy) is 4. The molecule has 1 aliphatic rings. The molecule has 0 heterocycles. The highest BCUT2D eigenvalue weighted by Crippen LogP contribution is 2.57. The van der Waals surface area contributed by atoms with Crippen molar-refractivity contribution in [2.24, 2.45) is 0 Å². The molecule has 0 radical (unpaired) electrons. The van der Waals surface area contributed by atoms with E-state index in [0.29, 0.717) is 11.1 Å². The van der Waals surface area contributed by atoms with E-state index in [0.717, 1.165) is 22.3 Å². The van der Waals surface area contributed by atoms with E-state index in [2.05, 4.69) is 0 Å². The molecular weight excluding hydrogens is 636 g/mol. The molecule has 4 N–H and O–H groups in total. The van der Waals surface area contributed by atoms with Gasteiger partial charge in [-0.25, -0.2) is 0 Å². The van der Waals surface area contributed by atoms with Gasteiger partial charge < -0.3 is 39.4 Å². The average molecular weight is 671 g/mol. The van der Waals surface area contributed by atoms with Crippen molar-refractivity contribution in [2.75, 3.05) is 26.4 Å². The minimum Gasteiger partial charge on any atom is -0.489 e. The van der Waals surface area contributed by atoms with Crippen molar-refractivity contribution in [3.8, 4) is 34.1 Å². The van der Waals surface area contributed by atoms with Crippen molar-refractivity contribution >= 4 is 23.9 Å². The maximum Gasteiger partial charge on any atom is 0.306 e. The zero-order valence-electron chi connectivity index (χ0n) is 26.3. The summed E-state index contributed by atoms with van der Waals surface area (Å²) in [4.78, 5) is 45.0. The predicted molar refractivity (Wildman–Crippen MR) is 175 cm³/mol. The lowest BCUT2D eigenvalue weighted by Gasteiger charge is -2.34. The summed E-state index contributed by atoms with van der Waals surface area (Å²) in [6.45, 7) is -0.612. The Balaban J connectivity index is 1.72. The van der Waals surface area contributed by atoms with Crippen LogP contribution in [0.3, 0.4) is 0 Å². The van der Waals surface area contributed by atoms with Crippen molar-refractivity contribution in [1.82, 2.24) is 0 Å². The number of carbonyl (C=O) groups is 4. The first-order valence-electron chi connectivity index (χ1n) is 15.5. The molecule has 12 nitrogen and oxygen atoms in total. The minimum absolute atomic E-state index is 0.138. The summed E-state index contributed by atoms with van der Waals surface area (Å²) < 4.78 is 23.4. The molecule has 0 unspecified atom stereocenters. The van der Waals surface area contributed by atoms with E-state index >= 15 is 0 Å². The highest BCUT2D eigenvalue weighted by atomic mass is 16.5. The summed E-state index contributed by atoms with van der Waals surface area (Å²) in [5.41, 5.74) is 4.12. The van der Waals surface area contributed by atoms with E-state index in [1.54, 1.807) is 24.3 Å². The van der Waals surface area contributed by atoms with Crippen LogP contribution in [0, 0.1) is 0 Å². The van der Waals surface area contributed by atoms with Crippen LogP contribution in [0.5, 0.6) is 23.0 Å². The predicted octanol–water partition coefficient (Wildman–Crippen LogP) is 5.46. The van der Waals surface area contributed by atoms with Gasteiger partial charge in [-0.1, -0.05) is 60.7 Å². The standard InChI is InChI=1S/C37H34O12/c38-33(39)13-17-46-29-11-9-23(21-31(29)48-19-15-35(42)43)37(27-7-3-1-5-25(27)26-6-2-4-8-28(26)37)24-10-12-30(47-18-14-34(40)41)32(22-24)49-20-16-36(44)45/h1-12,21-22H,13-20H2,(H,38,39)(H,40,41)(H,42,43)(H,44,45). The molecule has 0 amide bonds. The van der Waals surface area contributed by atoms with E-state index in [1.807, 2.05) is 60.7 Å². The normalized spacial score (nSPS) is 12.3. The fourth-order valence-corrected chi connectivity index (χ4v) is 5.96. The van der Waals surface area contributed by atoms with E-state index in [-0.39, 0.29) is 75.1 Å². The number of hydrogen-bond donors (Lipinski definition) is 4. The van der Waals surface area contributed by atoms with E-state index in [4.69, 9.17) is 29.2 Å². The topological polar surface area (TPSA) is 186 Å². The first-order valence-corrected chi connectivity index (χ1v) is 15.5. The molecule has 1 aliphatic carbocycles. The van der Waals surface area contributed by atoms with Gasteiger partial charge in [0.25, 0.3) is 0 Å². The Bertz CT molecular complexity index is 1730. The molecule has 0 saturated heterocycles. The third kappa shape index (κ3) is 7.59. The van der Waals surface area contributed by atoms with Gasteiger partial charge in [-0.2, -0.15) is 0 Å². The molecule has 0 bridgehead atoms. The van der Waals surface area contributed by atoms with Crippen molar-refractivity contribution in [1.29, 1.82) is 0 Å². The first-order chi connectivity index (χ1) is 23.6. The molecule has 4 aromatic rings. The zero-order valence-corrected chi connectivity index (χ0v) is 26.3. The van der Waals surface area contributed by atoms with Crippen LogP contribution in [-0.2, 0) is 24.6 Å². The molecule has 0 aliphatic heterocycles. The van der Waals surface area contributed by atoms with Crippen LogP contribution in [0.25, 0.3) is 11.1 Å². The van der Waals surface area contributed by atoms with Crippen LogP contribution in [-0.4, -0.2) is 70.7 Å². The molecule has 4 aromatic carbocycles. The van der Waals surface area contributed by atoms with Gasteiger partial charge >= 0.3 is 23.9 Å². The van der Waals surface area contributed by atoms with Gasteiger partial charge in [-0.3, -0.25) is 19.2 Å². The van der Waals surface area contributed by atoms with Crippen LogP contribution >= 0.6 is 0 Å². The number of carboxylic acid groups (broad SMARTS) is 4. The Kier molecular flexibility index (Phi) is 10.7. The van der Waals surface area contributed by atoms with Gasteiger partial charge in [0.05, 0.1) is 57.5 Å². The fraction of sp³-hybridized carbons (Fsp3) is 0.243. The van der Waals surface area contributed by atoms with Gasteiger partial charge in [0.1, 0.15) is 0 Å². The Labute approximate surface area is 281 Å². The molecule has 0 spiro atoms. The monoisotopic (exact) mass is 670 g/mol. The number of fused-ring (bicyclic) bond motifs is 3. The molecule has 12 heteroatoms. The van der Waals surface area contributed by atoms with Crippen molar-refractivity contribution in [3.63, 3.8) is 0 Å². The average Bonchev–Trinajstić information content (AvgIpc) is 3.36. The summed E-state index contributed by atoms with van der Waals surface area (Å²) in [7, 11) is 0. The van der Waals surface area contributed by atoms with E-state index in [9.17, 15) is 29.4 Å². The summed E-state index contributed by atoms with van der Waals surface area (Å²) in [6, 6.07) is 26.2. The summed E-state index contributed by atoms with van der Waals surface area (Å²) in [6.07, 6.45) is -1.08. The quantitative estimate of drug-likeness (QED) is 0.0923. The van der Waals surface area contributed by atoms with Crippen molar-refractivity contribution in [2.45, 2.75) is 31.1 Å². The second-order valence-electron chi connectivity index (χ2n) is 11.1. The number of hydrogen-bond acceptors (Lipinski definition) is 8. The minimum atomic E-state index is -1.05. The molecule has 49 heavy (non-hydrogen) atoms. The van der Waals surface area contributed by atoms with Crippen molar-refractivity contribution in [3.05, 3.63) is 107 Å². The van der Waals surface area contributed by atoms with Crippen LogP contribution in [0.4, 0.5) is 0 Å². The summed E-state index contributed by atoms with van der Waals surface area (Å²) in [5, 5.41) is 36.8. The molecule has 254 valence electrons. The second-order valence-corrected chi connectivity index (χ2v) is 11.1. The van der Waals surface area contributed by atoms with Crippen LogP contribution in [0.1, 0.15) is 47.9 Å². The number of benzene rings is 4. The van der Waals surface area contributed by atoms with E-state index < -0.39 is 29.3 Å². The highest BCUT2D eigenvalue weighted by Gasteiger charge is 2.46.